The Morgan fingerprint density at radius 1 is 1.15 bits per heavy atom. The van der Waals surface area contributed by atoms with Crippen molar-refractivity contribution < 1.29 is 17.2 Å². The van der Waals surface area contributed by atoms with Gasteiger partial charge < -0.3 is 4.90 Å². The summed E-state index contributed by atoms with van der Waals surface area (Å²) in [5, 5.41) is 1.95. The predicted molar refractivity (Wildman–Crippen MR) is 97.7 cm³/mol. The van der Waals surface area contributed by atoms with Gasteiger partial charge in [-0.3, -0.25) is 4.90 Å². The zero-order valence-corrected chi connectivity index (χ0v) is 16.0. The topological polar surface area (TPSA) is 52.6 Å². The Kier molecular flexibility index (Phi) is 6.03. The number of nitrogens with one attached hydrogen (secondary N) is 1. The summed E-state index contributed by atoms with van der Waals surface area (Å²) in [7, 11) is -1.95. The zero-order valence-electron chi connectivity index (χ0n) is 14.4. The molecule has 1 aliphatic heterocycles. The number of hydrogen-bond acceptors (Lipinski definition) is 5. The van der Waals surface area contributed by atoms with Crippen molar-refractivity contribution in [3.8, 4) is 0 Å². The van der Waals surface area contributed by atoms with E-state index in [-0.39, 0.29) is 12.6 Å². The molecule has 5 nitrogen and oxygen atoms in total. The normalized spacial score (nSPS) is 18.1. The first kappa shape index (κ1) is 19.4. The molecular formula is C17H21F2N3O2S2. The first-order valence-electron chi connectivity index (χ1n) is 8.27. The lowest BCUT2D eigenvalue weighted by Crippen LogP contribution is -2.48. The number of sulfonamides is 1. The second kappa shape index (κ2) is 8.10. The lowest BCUT2D eigenvalue weighted by molar-refractivity contribution is 0.114. The Hall–Kier alpha value is -1.39. The minimum atomic E-state index is -4.00. The molecule has 0 unspecified atom stereocenters. The fraction of sp³-hybridized carbons (Fsp3) is 0.412. The molecule has 2 aromatic rings. The van der Waals surface area contributed by atoms with E-state index < -0.39 is 26.6 Å². The van der Waals surface area contributed by atoms with Crippen molar-refractivity contribution in [2.24, 2.45) is 0 Å². The van der Waals surface area contributed by atoms with Crippen molar-refractivity contribution in [2.75, 3.05) is 39.8 Å². The molecule has 1 saturated heterocycles. The largest absolute Gasteiger partial charge is 0.304 e. The highest BCUT2D eigenvalue weighted by molar-refractivity contribution is 7.89. The number of halogens is 2. The molecule has 0 radical (unpaired) electrons. The maximum absolute atomic E-state index is 13.4. The molecule has 1 N–H and O–H groups in total. The van der Waals surface area contributed by atoms with Crippen LogP contribution in [0.1, 0.15) is 10.9 Å². The maximum Gasteiger partial charge on any atom is 0.240 e. The third-order valence-electron chi connectivity index (χ3n) is 4.46. The van der Waals surface area contributed by atoms with E-state index in [2.05, 4.69) is 21.6 Å². The molecule has 26 heavy (non-hydrogen) atoms. The number of rotatable bonds is 6. The molecule has 1 aliphatic rings. The molecule has 2 heterocycles. The van der Waals surface area contributed by atoms with Gasteiger partial charge in [-0.05, 0) is 30.6 Å². The van der Waals surface area contributed by atoms with Crippen LogP contribution in [-0.4, -0.2) is 58.0 Å². The summed E-state index contributed by atoms with van der Waals surface area (Å²) in [4.78, 5) is 5.11. The molecule has 1 fully saturated rings. The number of nitrogens with zero attached hydrogens (tertiary/aromatic N) is 2. The van der Waals surface area contributed by atoms with Gasteiger partial charge in [0, 0.05) is 43.7 Å². The Morgan fingerprint density at radius 3 is 2.38 bits per heavy atom. The third kappa shape index (κ3) is 4.66. The first-order chi connectivity index (χ1) is 12.3. The highest BCUT2D eigenvalue weighted by Gasteiger charge is 2.27. The van der Waals surface area contributed by atoms with E-state index in [0.29, 0.717) is 6.07 Å². The molecule has 0 spiro atoms. The van der Waals surface area contributed by atoms with Crippen LogP contribution in [0, 0.1) is 11.6 Å². The molecule has 0 aliphatic carbocycles. The molecule has 9 heteroatoms. The number of hydrogen-bond donors (Lipinski definition) is 1. The minimum Gasteiger partial charge on any atom is -0.304 e. The number of benzene rings is 1. The summed E-state index contributed by atoms with van der Waals surface area (Å²) < 4.78 is 54.2. The molecule has 1 aromatic heterocycles. The van der Waals surface area contributed by atoms with Crippen molar-refractivity contribution in [1.29, 1.82) is 0 Å². The molecule has 0 amide bonds. The van der Waals surface area contributed by atoms with Crippen molar-refractivity contribution in [3.63, 3.8) is 0 Å². The van der Waals surface area contributed by atoms with Gasteiger partial charge in [0.2, 0.25) is 10.0 Å². The van der Waals surface area contributed by atoms with E-state index in [4.69, 9.17) is 0 Å². The molecule has 0 saturated carbocycles. The Labute approximate surface area is 156 Å². The van der Waals surface area contributed by atoms with Crippen LogP contribution >= 0.6 is 11.3 Å². The van der Waals surface area contributed by atoms with Gasteiger partial charge >= 0.3 is 0 Å². The van der Waals surface area contributed by atoms with Crippen molar-refractivity contribution in [1.82, 2.24) is 14.5 Å². The highest BCUT2D eigenvalue weighted by Crippen LogP contribution is 2.26. The van der Waals surface area contributed by atoms with Crippen LogP contribution in [0.25, 0.3) is 0 Å². The monoisotopic (exact) mass is 401 g/mol. The van der Waals surface area contributed by atoms with E-state index in [1.165, 1.54) is 0 Å². The second-order valence-corrected chi connectivity index (χ2v) is 9.07. The third-order valence-corrected chi connectivity index (χ3v) is 6.84. The van der Waals surface area contributed by atoms with E-state index in [9.17, 15) is 17.2 Å². The molecular weight excluding hydrogens is 380 g/mol. The zero-order chi connectivity index (χ0) is 18.7. The average Bonchev–Trinajstić information content (AvgIpc) is 3.10. The molecule has 142 valence electrons. The maximum atomic E-state index is 13.4. The van der Waals surface area contributed by atoms with Gasteiger partial charge in [0.15, 0.2) is 0 Å². The van der Waals surface area contributed by atoms with Crippen LogP contribution in [0.15, 0.2) is 40.6 Å². The van der Waals surface area contributed by atoms with Crippen LogP contribution in [0.4, 0.5) is 8.78 Å². The van der Waals surface area contributed by atoms with Gasteiger partial charge in [0.1, 0.15) is 11.6 Å². The summed E-state index contributed by atoms with van der Waals surface area (Å²) in [6.07, 6.45) is 0. The van der Waals surface area contributed by atoms with Crippen LogP contribution in [0.3, 0.4) is 0 Å². The van der Waals surface area contributed by atoms with Crippen LogP contribution in [-0.2, 0) is 10.0 Å². The average molecular weight is 402 g/mol. The van der Waals surface area contributed by atoms with E-state index in [0.717, 1.165) is 43.2 Å². The lowest BCUT2D eigenvalue weighted by Gasteiger charge is -2.37. The number of likely N-dealkylation sites (N-methyl/N-ethyl adjacent to an activating group) is 1. The van der Waals surface area contributed by atoms with Gasteiger partial charge in [-0.2, -0.15) is 0 Å². The quantitative estimate of drug-likeness (QED) is 0.807. The van der Waals surface area contributed by atoms with Crippen LogP contribution in [0.2, 0.25) is 0 Å². The summed E-state index contributed by atoms with van der Waals surface area (Å²) in [6, 6.07) is 6.08. The first-order valence-corrected chi connectivity index (χ1v) is 10.6. The molecule has 0 bridgehead atoms. The summed E-state index contributed by atoms with van der Waals surface area (Å²) in [6.45, 7) is 3.61. The second-order valence-electron chi connectivity index (χ2n) is 6.33. The standard InChI is InChI=1S/C17H21F2N3O2S2/c1-21-4-6-22(7-5-21)16(17-3-2-8-25-17)12-20-26(23,24)15-10-13(18)9-14(19)11-15/h2-3,8-11,16,20H,4-7,12H2,1H3/t16-/m1/s1. The fourth-order valence-electron chi connectivity index (χ4n) is 2.98. The smallest absolute Gasteiger partial charge is 0.240 e. The van der Waals surface area contributed by atoms with Crippen LogP contribution in [0.5, 0.6) is 0 Å². The summed E-state index contributed by atoms with van der Waals surface area (Å²) in [5.41, 5.74) is 0. The minimum absolute atomic E-state index is 0.114. The fourth-order valence-corrected chi connectivity index (χ4v) is 4.92. The SMILES string of the molecule is CN1CCN([C@H](CNS(=O)(=O)c2cc(F)cc(F)c2)c2cccs2)CC1. The highest BCUT2D eigenvalue weighted by atomic mass is 32.2. The molecule has 1 atom stereocenters. The van der Waals surface area contributed by atoms with Gasteiger partial charge in [-0.15, -0.1) is 11.3 Å². The summed E-state index contributed by atoms with van der Waals surface area (Å²) >= 11 is 1.57. The number of thiophene rings is 1. The molecule has 1 aromatic carbocycles. The molecule has 3 rings (SSSR count). The van der Waals surface area contributed by atoms with Gasteiger partial charge in [0.05, 0.1) is 10.9 Å². The van der Waals surface area contributed by atoms with E-state index in [1.807, 2.05) is 17.5 Å². The van der Waals surface area contributed by atoms with Crippen molar-refractivity contribution in [2.45, 2.75) is 10.9 Å². The van der Waals surface area contributed by atoms with Crippen LogP contribution < -0.4 is 4.72 Å². The van der Waals surface area contributed by atoms with E-state index in [1.54, 1.807) is 11.3 Å². The van der Waals surface area contributed by atoms with Gasteiger partial charge in [-0.1, -0.05) is 6.07 Å². The Bertz CT molecular complexity index is 815. The summed E-state index contributed by atoms with van der Waals surface area (Å²) in [5.74, 6) is -1.83. The predicted octanol–water partition coefficient (Wildman–Crippen LogP) is 2.29. The Morgan fingerprint density at radius 2 is 1.81 bits per heavy atom. The number of piperazine rings is 1. The van der Waals surface area contributed by atoms with Crippen molar-refractivity contribution in [3.05, 3.63) is 52.2 Å². The van der Waals surface area contributed by atoms with Gasteiger partial charge in [0.25, 0.3) is 0 Å². The van der Waals surface area contributed by atoms with E-state index >= 15 is 0 Å². The Balaban J connectivity index is 1.77. The van der Waals surface area contributed by atoms with Gasteiger partial charge in [-0.25, -0.2) is 21.9 Å². The lowest BCUT2D eigenvalue weighted by atomic mass is 10.2. The van der Waals surface area contributed by atoms with Crippen molar-refractivity contribution >= 4 is 21.4 Å².